The normalized spacial score (nSPS) is 10.8. The Labute approximate surface area is 250 Å². The fraction of sp³-hybridized carbons (Fsp3) is 0.0312. The zero-order valence-electron chi connectivity index (χ0n) is 22.4. The Kier molecular flexibility index (Phi) is 8.64. The first-order valence-corrected chi connectivity index (χ1v) is 13.7. The predicted octanol–water partition coefficient (Wildman–Crippen LogP) is 5.95. The van der Waals surface area contributed by atoms with Crippen LogP contribution in [0.15, 0.2) is 119 Å². The number of aromatic nitrogens is 2. The lowest BCUT2D eigenvalue weighted by Gasteiger charge is -2.11. The van der Waals surface area contributed by atoms with Crippen LogP contribution in [0.2, 0.25) is 0 Å². The van der Waals surface area contributed by atoms with Gasteiger partial charge in [0.1, 0.15) is 5.69 Å². The van der Waals surface area contributed by atoms with Crippen molar-refractivity contribution in [3.05, 3.63) is 130 Å². The first-order chi connectivity index (χ1) is 20.4. The number of rotatable bonds is 7. The molecule has 0 saturated carbocycles. The van der Waals surface area contributed by atoms with Crippen molar-refractivity contribution in [1.29, 1.82) is 0 Å². The van der Waals surface area contributed by atoms with E-state index in [-0.39, 0.29) is 11.3 Å². The lowest BCUT2D eigenvalue weighted by molar-refractivity contribution is -0.136. The highest BCUT2D eigenvalue weighted by Gasteiger charge is 2.18. The van der Waals surface area contributed by atoms with Crippen molar-refractivity contribution in [2.24, 2.45) is 5.10 Å². The van der Waals surface area contributed by atoms with E-state index in [1.54, 1.807) is 47.3 Å². The fourth-order valence-electron chi connectivity index (χ4n) is 4.04. The second-order valence-electron chi connectivity index (χ2n) is 9.24. The largest absolute Gasteiger partial charge is 0.329 e. The summed E-state index contributed by atoms with van der Waals surface area (Å²) in [6.07, 6.45) is 3.21. The van der Waals surface area contributed by atoms with Crippen LogP contribution in [0, 0.1) is 6.92 Å². The van der Waals surface area contributed by atoms with Crippen molar-refractivity contribution in [3.63, 3.8) is 0 Å². The molecule has 5 aromatic rings. The van der Waals surface area contributed by atoms with Gasteiger partial charge in [-0.25, -0.2) is 10.1 Å². The van der Waals surface area contributed by atoms with Gasteiger partial charge in [-0.3, -0.25) is 14.4 Å². The van der Waals surface area contributed by atoms with E-state index in [1.165, 1.54) is 6.21 Å². The molecule has 0 aliphatic heterocycles. The van der Waals surface area contributed by atoms with E-state index < -0.39 is 17.7 Å². The fourth-order valence-corrected chi connectivity index (χ4v) is 4.31. The van der Waals surface area contributed by atoms with E-state index in [0.717, 1.165) is 21.3 Å². The molecule has 4 aromatic carbocycles. The van der Waals surface area contributed by atoms with Gasteiger partial charge in [0.05, 0.1) is 23.2 Å². The third-order valence-electron chi connectivity index (χ3n) is 6.19. The van der Waals surface area contributed by atoms with E-state index in [2.05, 4.69) is 37.1 Å². The van der Waals surface area contributed by atoms with Gasteiger partial charge in [0.25, 0.3) is 5.91 Å². The quantitative estimate of drug-likeness (QED) is 0.118. The number of amides is 3. The summed E-state index contributed by atoms with van der Waals surface area (Å²) < 4.78 is 2.64. The zero-order valence-corrected chi connectivity index (χ0v) is 24.0. The van der Waals surface area contributed by atoms with E-state index >= 15 is 0 Å². The lowest BCUT2D eigenvalue weighted by Crippen LogP contribution is -2.33. The van der Waals surface area contributed by atoms with Crippen LogP contribution in [-0.2, 0) is 9.59 Å². The van der Waals surface area contributed by atoms with Crippen LogP contribution >= 0.6 is 15.9 Å². The Bertz CT molecular complexity index is 1760. The van der Waals surface area contributed by atoms with Gasteiger partial charge in [0.2, 0.25) is 0 Å². The minimum atomic E-state index is -0.999. The van der Waals surface area contributed by atoms with Crippen LogP contribution < -0.4 is 16.1 Å². The van der Waals surface area contributed by atoms with Crippen LogP contribution in [0.3, 0.4) is 0 Å². The van der Waals surface area contributed by atoms with Gasteiger partial charge in [-0.15, -0.1) is 0 Å². The number of anilines is 2. The van der Waals surface area contributed by atoms with Gasteiger partial charge in [-0.05, 0) is 55.5 Å². The molecule has 42 heavy (non-hydrogen) atoms. The molecule has 5 rings (SSSR count). The summed E-state index contributed by atoms with van der Waals surface area (Å²) in [6.45, 7) is 1.95. The van der Waals surface area contributed by atoms with E-state index in [9.17, 15) is 14.4 Å². The maximum Gasteiger partial charge on any atom is 0.329 e. The summed E-state index contributed by atoms with van der Waals surface area (Å²) in [7, 11) is 0. The number of nitrogens with one attached hydrogen (secondary N) is 3. The van der Waals surface area contributed by atoms with Crippen molar-refractivity contribution in [2.45, 2.75) is 6.92 Å². The molecule has 0 spiro atoms. The lowest BCUT2D eigenvalue weighted by atomic mass is 10.1. The molecule has 3 amide bonds. The number of para-hydroxylation sites is 2. The van der Waals surface area contributed by atoms with Crippen molar-refractivity contribution in [2.75, 3.05) is 10.6 Å². The molecule has 1 heterocycles. The first-order valence-electron chi connectivity index (χ1n) is 12.9. The summed E-state index contributed by atoms with van der Waals surface area (Å²) in [5, 5.41) is 14.0. The number of carbonyl (C=O) groups excluding carboxylic acids is 3. The maximum absolute atomic E-state index is 12.9. The topological polar surface area (TPSA) is 117 Å². The average Bonchev–Trinajstić information content (AvgIpc) is 3.43. The molecule has 9 nitrogen and oxygen atoms in total. The van der Waals surface area contributed by atoms with Gasteiger partial charge in [-0.2, -0.15) is 10.2 Å². The smallest absolute Gasteiger partial charge is 0.322 e. The number of nitrogens with zero attached hydrogens (tertiary/aromatic N) is 3. The van der Waals surface area contributed by atoms with Crippen LogP contribution in [0.25, 0.3) is 16.9 Å². The van der Waals surface area contributed by atoms with Gasteiger partial charge in [-0.1, -0.05) is 76.1 Å². The molecule has 0 radical (unpaired) electrons. The highest BCUT2D eigenvalue weighted by atomic mass is 79.9. The van der Waals surface area contributed by atoms with Crippen molar-refractivity contribution in [1.82, 2.24) is 15.2 Å². The molecule has 0 fully saturated rings. The van der Waals surface area contributed by atoms with E-state index in [0.29, 0.717) is 16.9 Å². The highest BCUT2D eigenvalue weighted by molar-refractivity contribution is 9.10. The Morgan fingerprint density at radius 2 is 1.50 bits per heavy atom. The first kappa shape index (κ1) is 28.2. The molecular weight excluding hydrogens is 596 g/mol. The Hall–Kier alpha value is -5.35. The number of halogens is 1. The minimum absolute atomic E-state index is 0.188. The third-order valence-corrected chi connectivity index (χ3v) is 6.71. The second kappa shape index (κ2) is 12.9. The van der Waals surface area contributed by atoms with Gasteiger partial charge >= 0.3 is 11.8 Å². The average molecular weight is 621 g/mol. The highest BCUT2D eigenvalue weighted by Crippen LogP contribution is 2.24. The van der Waals surface area contributed by atoms with Crippen molar-refractivity contribution >= 4 is 51.2 Å². The third kappa shape index (κ3) is 6.86. The predicted molar refractivity (Wildman–Crippen MR) is 167 cm³/mol. The van der Waals surface area contributed by atoms with E-state index in [1.807, 2.05) is 73.7 Å². The summed E-state index contributed by atoms with van der Waals surface area (Å²) in [4.78, 5) is 38.2. The number of aryl methyl sites for hydroxylation is 1. The van der Waals surface area contributed by atoms with Crippen LogP contribution in [-0.4, -0.2) is 33.7 Å². The SMILES string of the molecule is Cc1ccc(NC(=O)c2ccccc2NC(=O)C(=O)N/N=C\c2cn(-c3ccccc3)nc2-c2ccc(Br)cc2)cc1. The summed E-state index contributed by atoms with van der Waals surface area (Å²) >= 11 is 3.44. The van der Waals surface area contributed by atoms with Crippen LogP contribution in [0.1, 0.15) is 21.5 Å². The zero-order chi connectivity index (χ0) is 29.5. The van der Waals surface area contributed by atoms with Gasteiger partial charge in [0.15, 0.2) is 0 Å². The number of hydrogen-bond donors (Lipinski definition) is 3. The standard InChI is InChI=1S/C32H25BrN6O3/c1-21-11-17-25(18-12-21)35-30(40)27-9-5-6-10-28(27)36-31(41)32(42)37-34-19-23-20-39(26-7-3-2-4-8-26)38-29(23)22-13-15-24(33)16-14-22/h2-20H,1H3,(H,35,40)(H,36,41)(H,37,42)/b34-19-. The molecular formula is C32H25BrN6O3. The summed E-state index contributed by atoms with van der Waals surface area (Å²) in [6, 6.07) is 31.0. The molecule has 0 atom stereocenters. The summed E-state index contributed by atoms with van der Waals surface area (Å²) in [5.41, 5.74) is 7.28. The molecule has 0 bridgehead atoms. The Balaban J connectivity index is 1.29. The van der Waals surface area contributed by atoms with Crippen molar-refractivity contribution in [3.8, 4) is 16.9 Å². The number of carbonyl (C=O) groups is 3. The van der Waals surface area contributed by atoms with Gasteiger partial charge in [0, 0.05) is 27.5 Å². The molecule has 3 N–H and O–H groups in total. The number of hydrogen-bond acceptors (Lipinski definition) is 5. The van der Waals surface area contributed by atoms with Crippen LogP contribution in [0.5, 0.6) is 0 Å². The van der Waals surface area contributed by atoms with Crippen molar-refractivity contribution < 1.29 is 14.4 Å². The second-order valence-corrected chi connectivity index (χ2v) is 10.2. The molecule has 10 heteroatoms. The van der Waals surface area contributed by atoms with Crippen LogP contribution in [0.4, 0.5) is 11.4 Å². The molecule has 1 aromatic heterocycles. The van der Waals surface area contributed by atoms with E-state index in [4.69, 9.17) is 5.10 Å². The monoisotopic (exact) mass is 620 g/mol. The Morgan fingerprint density at radius 3 is 2.24 bits per heavy atom. The molecule has 0 aliphatic carbocycles. The maximum atomic E-state index is 12.9. The molecule has 0 saturated heterocycles. The number of benzene rings is 4. The van der Waals surface area contributed by atoms with Gasteiger partial charge < -0.3 is 10.6 Å². The molecule has 0 aliphatic rings. The molecule has 208 valence electrons. The minimum Gasteiger partial charge on any atom is -0.322 e. The number of hydrazone groups is 1. The summed E-state index contributed by atoms with van der Waals surface area (Å²) in [5.74, 6) is -2.40. The molecule has 0 unspecified atom stereocenters. The Morgan fingerprint density at radius 1 is 0.810 bits per heavy atom.